The lowest BCUT2D eigenvalue weighted by molar-refractivity contribution is -0.131. The molecule has 1 atom stereocenters. The van der Waals surface area contributed by atoms with Crippen molar-refractivity contribution in [1.82, 2.24) is 10.2 Å². The van der Waals surface area contributed by atoms with Crippen LogP contribution >= 0.6 is 11.3 Å². The first-order chi connectivity index (χ1) is 9.62. The molecule has 2 heterocycles. The Balaban J connectivity index is 1.64. The zero-order chi connectivity index (χ0) is 14.2. The molecule has 1 aromatic rings. The number of thiophene rings is 1. The maximum Gasteiger partial charge on any atom is 0.261 e. The molecular weight excluding hydrogens is 286 g/mol. The predicted molar refractivity (Wildman–Crippen MR) is 70.7 cm³/mol. The van der Waals surface area contributed by atoms with Crippen molar-refractivity contribution in [3.05, 3.63) is 22.4 Å². The third-order valence-corrected chi connectivity index (χ3v) is 4.60. The third kappa shape index (κ3) is 2.57. The number of hydrogen-bond donors (Lipinski definition) is 1. The highest BCUT2D eigenvalue weighted by atomic mass is 32.1. The molecule has 1 saturated carbocycles. The minimum atomic E-state index is -2.47. The summed E-state index contributed by atoms with van der Waals surface area (Å²) in [6.07, 6.45) is -0.921. The zero-order valence-electron chi connectivity index (χ0n) is 10.9. The summed E-state index contributed by atoms with van der Waals surface area (Å²) in [4.78, 5) is 15.2. The van der Waals surface area contributed by atoms with E-state index in [4.69, 9.17) is 4.74 Å². The molecule has 1 aromatic heterocycles. The van der Waals surface area contributed by atoms with Crippen LogP contribution in [0.4, 0.5) is 8.78 Å². The number of nitrogens with zero attached hydrogens (tertiary/aromatic N) is 1. The quantitative estimate of drug-likeness (QED) is 0.817. The van der Waals surface area contributed by atoms with Crippen LogP contribution in [0.5, 0.6) is 0 Å². The van der Waals surface area contributed by atoms with Gasteiger partial charge >= 0.3 is 0 Å². The first kappa shape index (κ1) is 13.9. The number of alkyl halides is 2. The van der Waals surface area contributed by atoms with E-state index >= 15 is 0 Å². The highest BCUT2D eigenvalue weighted by Gasteiger charge is 2.59. The molecule has 7 heteroatoms. The molecular formula is C13H16F2N2O2S. The number of hydrogen-bond acceptors (Lipinski definition) is 4. The van der Waals surface area contributed by atoms with Gasteiger partial charge in [0.15, 0.2) is 0 Å². The van der Waals surface area contributed by atoms with Gasteiger partial charge in [-0.05, 0) is 24.3 Å². The molecule has 1 N–H and O–H groups in total. The SMILES string of the molecule is O=C1N(CCOCC(F)F)C(c2cccs2)NC12CC2. The predicted octanol–water partition coefficient (Wildman–Crippen LogP) is 1.99. The van der Waals surface area contributed by atoms with Gasteiger partial charge < -0.3 is 9.64 Å². The Morgan fingerprint density at radius 3 is 2.95 bits per heavy atom. The van der Waals surface area contributed by atoms with Gasteiger partial charge in [0, 0.05) is 11.4 Å². The number of carbonyl (C=O) groups is 1. The zero-order valence-corrected chi connectivity index (χ0v) is 11.7. The first-order valence-electron chi connectivity index (χ1n) is 6.60. The topological polar surface area (TPSA) is 41.6 Å². The molecule has 0 radical (unpaired) electrons. The summed E-state index contributed by atoms with van der Waals surface area (Å²) >= 11 is 1.58. The number of nitrogens with one attached hydrogen (secondary N) is 1. The van der Waals surface area contributed by atoms with E-state index in [2.05, 4.69) is 5.32 Å². The van der Waals surface area contributed by atoms with Gasteiger partial charge in [-0.25, -0.2) is 8.78 Å². The second kappa shape index (κ2) is 5.38. The van der Waals surface area contributed by atoms with Crippen molar-refractivity contribution in [1.29, 1.82) is 0 Å². The van der Waals surface area contributed by atoms with Crippen LogP contribution in [0.15, 0.2) is 17.5 Å². The monoisotopic (exact) mass is 302 g/mol. The minimum absolute atomic E-state index is 0.0662. The van der Waals surface area contributed by atoms with E-state index < -0.39 is 18.6 Å². The van der Waals surface area contributed by atoms with E-state index in [1.807, 2.05) is 17.5 Å². The van der Waals surface area contributed by atoms with Crippen LogP contribution in [0.2, 0.25) is 0 Å². The van der Waals surface area contributed by atoms with Crippen molar-refractivity contribution in [3.8, 4) is 0 Å². The highest BCUT2D eigenvalue weighted by Crippen LogP contribution is 2.46. The summed E-state index contributed by atoms with van der Waals surface area (Å²) < 4.78 is 28.9. The average molecular weight is 302 g/mol. The van der Waals surface area contributed by atoms with Crippen molar-refractivity contribution in [3.63, 3.8) is 0 Å². The van der Waals surface area contributed by atoms with Gasteiger partial charge in [0.25, 0.3) is 6.43 Å². The van der Waals surface area contributed by atoms with Crippen LogP contribution in [0, 0.1) is 0 Å². The highest BCUT2D eigenvalue weighted by molar-refractivity contribution is 7.10. The molecule has 1 spiro atoms. The Morgan fingerprint density at radius 2 is 2.35 bits per heavy atom. The molecule has 1 aliphatic carbocycles. The standard InChI is InChI=1S/C13H16F2N2O2S/c14-10(15)8-19-6-5-17-11(9-2-1-7-20-9)16-13(3-4-13)12(17)18/h1-2,7,10-11,16H,3-6,8H2. The van der Waals surface area contributed by atoms with E-state index in [1.165, 1.54) is 0 Å². The Labute approximate surface area is 119 Å². The van der Waals surface area contributed by atoms with Crippen molar-refractivity contribution in [2.45, 2.75) is 31.0 Å². The van der Waals surface area contributed by atoms with Crippen LogP contribution < -0.4 is 5.32 Å². The van der Waals surface area contributed by atoms with E-state index in [0.29, 0.717) is 6.54 Å². The van der Waals surface area contributed by atoms with E-state index in [9.17, 15) is 13.6 Å². The van der Waals surface area contributed by atoms with Gasteiger partial charge in [0.2, 0.25) is 5.91 Å². The Morgan fingerprint density at radius 1 is 1.55 bits per heavy atom. The second-order valence-corrected chi connectivity index (χ2v) is 6.09. The summed E-state index contributed by atoms with van der Waals surface area (Å²) in [5.74, 6) is 0.0662. The van der Waals surface area contributed by atoms with Gasteiger partial charge in [-0.15, -0.1) is 11.3 Å². The fraction of sp³-hybridized carbons (Fsp3) is 0.615. The Kier molecular flexibility index (Phi) is 3.74. The van der Waals surface area contributed by atoms with E-state index in [-0.39, 0.29) is 18.7 Å². The maximum atomic E-state index is 12.4. The second-order valence-electron chi connectivity index (χ2n) is 5.11. The number of rotatable bonds is 6. The Hall–Kier alpha value is -1.05. The lowest BCUT2D eigenvalue weighted by Crippen LogP contribution is -2.34. The summed E-state index contributed by atoms with van der Waals surface area (Å²) in [5, 5.41) is 5.34. The molecule has 1 aliphatic heterocycles. The lowest BCUT2D eigenvalue weighted by atomic mass is 10.3. The minimum Gasteiger partial charge on any atom is -0.374 e. The van der Waals surface area contributed by atoms with Gasteiger partial charge in [0.1, 0.15) is 18.3 Å². The van der Waals surface area contributed by atoms with Crippen molar-refractivity contribution in [2.75, 3.05) is 19.8 Å². The van der Waals surface area contributed by atoms with Gasteiger partial charge in [-0.1, -0.05) is 6.07 Å². The molecule has 1 saturated heterocycles. The molecule has 1 amide bonds. The van der Waals surface area contributed by atoms with E-state index in [1.54, 1.807) is 16.2 Å². The summed E-state index contributed by atoms with van der Waals surface area (Å²) in [6.45, 7) is -0.108. The van der Waals surface area contributed by atoms with Crippen LogP contribution in [0.25, 0.3) is 0 Å². The van der Waals surface area contributed by atoms with Crippen molar-refractivity contribution >= 4 is 17.2 Å². The molecule has 2 fully saturated rings. The molecule has 0 bridgehead atoms. The van der Waals surface area contributed by atoms with Crippen molar-refractivity contribution in [2.24, 2.45) is 0 Å². The molecule has 0 aromatic carbocycles. The average Bonchev–Trinajstić information content (AvgIpc) is 2.89. The fourth-order valence-electron chi connectivity index (χ4n) is 2.51. The van der Waals surface area contributed by atoms with Crippen LogP contribution in [-0.2, 0) is 9.53 Å². The maximum absolute atomic E-state index is 12.4. The fourth-order valence-corrected chi connectivity index (χ4v) is 3.30. The first-order valence-corrected chi connectivity index (χ1v) is 7.48. The smallest absolute Gasteiger partial charge is 0.261 e. The number of halogens is 2. The summed E-state index contributed by atoms with van der Waals surface area (Å²) in [6, 6.07) is 3.92. The molecule has 4 nitrogen and oxygen atoms in total. The van der Waals surface area contributed by atoms with Crippen LogP contribution in [-0.4, -0.2) is 42.5 Å². The third-order valence-electron chi connectivity index (χ3n) is 3.68. The summed E-state index contributed by atoms with van der Waals surface area (Å²) in [5.41, 5.74) is -0.405. The van der Waals surface area contributed by atoms with Crippen LogP contribution in [0.1, 0.15) is 23.9 Å². The number of carbonyl (C=O) groups excluding carboxylic acids is 1. The molecule has 2 aliphatic rings. The van der Waals surface area contributed by atoms with Crippen molar-refractivity contribution < 1.29 is 18.3 Å². The Bertz CT molecular complexity index is 477. The van der Waals surface area contributed by atoms with E-state index in [0.717, 1.165) is 17.7 Å². The molecule has 3 rings (SSSR count). The van der Waals surface area contributed by atoms with Gasteiger partial charge in [0.05, 0.1) is 6.61 Å². The number of ether oxygens (including phenoxy) is 1. The van der Waals surface area contributed by atoms with Gasteiger partial charge in [-0.3, -0.25) is 10.1 Å². The molecule has 20 heavy (non-hydrogen) atoms. The largest absolute Gasteiger partial charge is 0.374 e. The normalized spacial score (nSPS) is 24.1. The molecule has 1 unspecified atom stereocenters. The van der Waals surface area contributed by atoms with Gasteiger partial charge in [-0.2, -0.15) is 0 Å². The molecule has 110 valence electrons. The summed E-state index contributed by atoms with van der Waals surface area (Å²) in [7, 11) is 0. The lowest BCUT2D eigenvalue weighted by Gasteiger charge is -2.23. The van der Waals surface area contributed by atoms with Crippen LogP contribution in [0.3, 0.4) is 0 Å². The number of amides is 1.